The smallest absolute Gasteiger partial charge is 0.155 e. The van der Waals surface area contributed by atoms with E-state index in [1.165, 1.54) is 37.7 Å². The molecule has 0 radical (unpaired) electrons. The lowest BCUT2D eigenvalue weighted by Gasteiger charge is -2.58. The number of aliphatic hydroxyl groups is 1. The molecule has 4 aliphatic carbocycles. The molecule has 128 valence electrons. The van der Waals surface area contributed by atoms with Crippen LogP contribution in [0.15, 0.2) is 11.6 Å². The summed E-state index contributed by atoms with van der Waals surface area (Å²) in [6.45, 7) is 6.92. The second kappa shape index (κ2) is 5.18. The predicted octanol–water partition coefficient (Wildman–Crippen LogP) is 4.52. The normalized spacial score (nSPS) is 50.6. The van der Waals surface area contributed by atoms with Gasteiger partial charge in [0.2, 0.25) is 0 Å². The Morgan fingerprint density at radius 3 is 2.61 bits per heavy atom. The number of hydrogen-bond acceptors (Lipinski definition) is 2. The standard InChI is InChI=1S/C21H32O2/c1-13(22)17-6-7-18-16-5-4-14-12-15(23)8-10-20(14,2)19(16)9-11-21(17,18)3/h12-13,16-19,22H,4-11H2,1-3H3/t13-,16-,17+,18-,19-,20+,21+/m1/s1. The minimum absolute atomic E-state index is 0.163. The van der Waals surface area contributed by atoms with Crippen molar-refractivity contribution < 1.29 is 9.90 Å². The lowest BCUT2D eigenvalue weighted by Crippen LogP contribution is -2.51. The number of carbonyl (C=O) groups is 1. The van der Waals surface area contributed by atoms with E-state index in [2.05, 4.69) is 13.8 Å². The first-order valence-electron chi connectivity index (χ1n) is 9.78. The molecule has 0 aromatic rings. The first-order chi connectivity index (χ1) is 10.9. The molecule has 0 aromatic carbocycles. The summed E-state index contributed by atoms with van der Waals surface area (Å²) in [7, 11) is 0. The molecule has 2 nitrogen and oxygen atoms in total. The average molecular weight is 316 g/mol. The van der Waals surface area contributed by atoms with Crippen molar-refractivity contribution in [2.75, 3.05) is 0 Å². The fourth-order valence-electron chi connectivity index (χ4n) is 7.39. The van der Waals surface area contributed by atoms with Gasteiger partial charge in [0, 0.05) is 6.42 Å². The Kier molecular flexibility index (Phi) is 3.58. The molecule has 0 aromatic heterocycles. The van der Waals surface area contributed by atoms with Gasteiger partial charge in [0.1, 0.15) is 0 Å². The highest BCUT2D eigenvalue weighted by Crippen LogP contribution is 2.66. The zero-order valence-corrected chi connectivity index (χ0v) is 15.0. The Morgan fingerprint density at radius 1 is 1.09 bits per heavy atom. The summed E-state index contributed by atoms with van der Waals surface area (Å²) in [6.07, 6.45) is 11.1. The van der Waals surface area contributed by atoms with Crippen LogP contribution < -0.4 is 0 Å². The van der Waals surface area contributed by atoms with Crippen LogP contribution in [0.3, 0.4) is 0 Å². The lowest BCUT2D eigenvalue weighted by molar-refractivity contribution is -0.117. The van der Waals surface area contributed by atoms with Crippen molar-refractivity contribution in [3.8, 4) is 0 Å². The molecular weight excluding hydrogens is 284 g/mol. The van der Waals surface area contributed by atoms with E-state index in [1.54, 1.807) is 0 Å². The molecule has 0 spiro atoms. The van der Waals surface area contributed by atoms with Gasteiger partial charge in [0.15, 0.2) is 5.78 Å². The van der Waals surface area contributed by atoms with E-state index in [0.29, 0.717) is 17.1 Å². The highest BCUT2D eigenvalue weighted by atomic mass is 16.3. The van der Waals surface area contributed by atoms with Gasteiger partial charge in [-0.05, 0) is 92.4 Å². The summed E-state index contributed by atoms with van der Waals surface area (Å²) < 4.78 is 0. The summed E-state index contributed by atoms with van der Waals surface area (Å²) in [5.41, 5.74) is 2.09. The van der Waals surface area contributed by atoms with Crippen molar-refractivity contribution in [1.82, 2.24) is 0 Å². The number of carbonyl (C=O) groups excluding carboxylic acids is 1. The topological polar surface area (TPSA) is 37.3 Å². The summed E-state index contributed by atoms with van der Waals surface area (Å²) >= 11 is 0. The predicted molar refractivity (Wildman–Crippen MR) is 91.9 cm³/mol. The summed E-state index contributed by atoms with van der Waals surface area (Å²) in [4.78, 5) is 11.9. The Labute approximate surface area is 140 Å². The van der Waals surface area contributed by atoms with E-state index in [4.69, 9.17) is 0 Å². The second-order valence-electron chi connectivity index (χ2n) is 9.44. The number of ketones is 1. The molecule has 0 bridgehead atoms. The summed E-state index contributed by atoms with van der Waals surface area (Å²) in [5, 5.41) is 10.3. The molecule has 23 heavy (non-hydrogen) atoms. The third-order valence-electron chi connectivity index (χ3n) is 8.62. The minimum atomic E-state index is -0.163. The van der Waals surface area contributed by atoms with Crippen LogP contribution in [-0.4, -0.2) is 17.0 Å². The van der Waals surface area contributed by atoms with Crippen molar-refractivity contribution in [3.63, 3.8) is 0 Å². The molecule has 3 saturated carbocycles. The van der Waals surface area contributed by atoms with Gasteiger partial charge < -0.3 is 5.11 Å². The molecular formula is C21H32O2. The molecule has 3 fully saturated rings. The maximum absolute atomic E-state index is 11.9. The fraction of sp³-hybridized carbons (Fsp3) is 0.857. The van der Waals surface area contributed by atoms with Crippen LogP contribution in [0.5, 0.6) is 0 Å². The van der Waals surface area contributed by atoms with Crippen molar-refractivity contribution in [1.29, 1.82) is 0 Å². The molecule has 4 rings (SSSR count). The van der Waals surface area contributed by atoms with E-state index >= 15 is 0 Å². The van der Waals surface area contributed by atoms with E-state index in [9.17, 15) is 9.90 Å². The van der Waals surface area contributed by atoms with Crippen LogP contribution in [0, 0.1) is 34.5 Å². The van der Waals surface area contributed by atoms with Gasteiger partial charge in [-0.3, -0.25) is 4.79 Å². The van der Waals surface area contributed by atoms with Crippen molar-refractivity contribution in [2.45, 2.75) is 78.2 Å². The van der Waals surface area contributed by atoms with Crippen LogP contribution in [0.2, 0.25) is 0 Å². The lowest BCUT2D eigenvalue weighted by atomic mass is 9.46. The zero-order valence-electron chi connectivity index (χ0n) is 15.0. The Morgan fingerprint density at radius 2 is 1.87 bits per heavy atom. The summed E-state index contributed by atoms with van der Waals surface area (Å²) in [6, 6.07) is 0. The molecule has 1 N–H and O–H groups in total. The number of aliphatic hydroxyl groups excluding tert-OH is 1. The third-order valence-corrected chi connectivity index (χ3v) is 8.62. The third kappa shape index (κ3) is 2.13. The van der Waals surface area contributed by atoms with Crippen LogP contribution in [0.1, 0.15) is 72.1 Å². The SMILES string of the molecule is C[C@@H](O)[C@@H]1CC[C@@H]2[C@H]3CCC4=CC(=O)CC[C@]4(C)[C@@H]3CC[C@]21C. The number of allylic oxidation sites excluding steroid dienone is 1. The molecule has 0 unspecified atom stereocenters. The van der Waals surface area contributed by atoms with Gasteiger partial charge in [-0.15, -0.1) is 0 Å². The molecule has 2 heteroatoms. The molecule has 0 amide bonds. The Balaban J connectivity index is 1.66. The second-order valence-corrected chi connectivity index (χ2v) is 9.44. The Bertz CT molecular complexity index is 548. The average Bonchev–Trinajstić information content (AvgIpc) is 2.85. The first kappa shape index (κ1) is 15.9. The Hall–Kier alpha value is -0.630. The first-order valence-corrected chi connectivity index (χ1v) is 9.78. The van der Waals surface area contributed by atoms with Crippen LogP contribution in [0.25, 0.3) is 0 Å². The fourth-order valence-corrected chi connectivity index (χ4v) is 7.39. The van der Waals surface area contributed by atoms with Gasteiger partial charge in [0.05, 0.1) is 6.10 Å². The quantitative estimate of drug-likeness (QED) is 0.772. The van der Waals surface area contributed by atoms with Gasteiger partial charge >= 0.3 is 0 Å². The molecule has 4 aliphatic rings. The largest absolute Gasteiger partial charge is 0.393 e. The van der Waals surface area contributed by atoms with Crippen molar-refractivity contribution in [3.05, 3.63) is 11.6 Å². The zero-order chi connectivity index (χ0) is 16.4. The minimum Gasteiger partial charge on any atom is -0.393 e. The van der Waals surface area contributed by atoms with Crippen LogP contribution in [0.4, 0.5) is 0 Å². The molecule has 0 aliphatic heterocycles. The maximum atomic E-state index is 11.9. The molecule has 7 atom stereocenters. The van der Waals surface area contributed by atoms with Gasteiger partial charge in [-0.25, -0.2) is 0 Å². The van der Waals surface area contributed by atoms with Crippen LogP contribution >= 0.6 is 0 Å². The number of hydrogen-bond donors (Lipinski definition) is 1. The summed E-state index contributed by atoms with van der Waals surface area (Å²) in [5.74, 6) is 3.21. The highest BCUT2D eigenvalue weighted by molar-refractivity contribution is 5.91. The van der Waals surface area contributed by atoms with E-state index in [1.807, 2.05) is 13.0 Å². The van der Waals surface area contributed by atoms with Gasteiger partial charge in [0.25, 0.3) is 0 Å². The van der Waals surface area contributed by atoms with E-state index < -0.39 is 0 Å². The number of rotatable bonds is 1. The van der Waals surface area contributed by atoms with Crippen molar-refractivity contribution in [2.24, 2.45) is 34.5 Å². The monoisotopic (exact) mass is 316 g/mol. The molecule has 0 heterocycles. The maximum Gasteiger partial charge on any atom is 0.155 e. The van der Waals surface area contributed by atoms with Crippen molar-refractivity contribution >= 4 is 5.78 Å². The molecule has 0 saturated heterocycles. The van der Waals surface area contributed by atoms with Gasteiger partial charge in [-0.2, -0.15) is 0 Å². The van der Waals surface area contributed by atoms with E-state index in [0.717, 1.165) is 37.0 Å². The number of fused-ring (bicyclic) bond motifs is 5. The van der Waals surface area contributed by atoms with Gasteiger partial charge in [-0.1, -0.05) is 19.4 Å². The van der Waals surface area contributed by atoms with E-state index in [-0.39, 0.29) is 11.5 Å². The van der Waals surface area contributed by atoms with Crippen LogP contribution in [-0.2, 0) is 4.79 Å². The highest BCUT2D eigenvalue weighted by Gasteiger charge is 2.59.